The number of anilines is 2. The van der Waals surface area contributed by atoms with Crippen LogP contribution in [-0.2, 0) is 15.8 Å². The topological polar surface area (TPSA) is 118 Å². The lowest BCUT2D eigenvalue weighted by Crippen LogP contribution is -2.44. The van der Waals surface area contributed by atoms with Crippen LogP contribution in [0.1, 0.15) is 12.0 Å². The van der Waals surface area contributed by atoms with Crippen LogP contribution in [0.15, 0.2) is 60.9 Å². The fourth-order valence-electron chi connectivity index (χ4n) is 4.52. The second-order valence-electron chi connectivity index (χ2n) is 9.83. The van der Waals surface area contributed by atoms with E-state index >= 15 is 4.39 Å². The Bertz CT molecular complexity index is 1710. The number of halogens is 5. The van der Waals surface area contributed by atoms with Crippen molar-refractivity contribution in [1.82, 2.24) is 20.3 Å². The van der Waals surface area contributed by atoms with Crippen LogP contribution in [0.25, 0.3) is 11.3 Å². The average Bonchev–Trinajstić information content (AvgIpc) is 2.99. The molecule has 0 aliphatic carbocycles. The molecule has 226 valence electrons. The van der Waals surface area contributed by atoms with E-state index < -0.39 is 57.2 Å². The number of piperidine rings is 1. The number of pyridine rings is 1. The quantitative estimate of drug-likeness (QED) is 0.164. The van der Waals surface area contributed by atoms with Crippen LogP contribution in [0.3, 0.4) is 0 Å². The molecular formula is C28H25F5N6O3S. The third-order valence-corrected chi connectivity index (χ3v) is 7.78. The fourth-order valence-corrected chi connectivity index (χ4v) is 5.72. The highest BCUT2D eigenvalue weighted by Crippen LogP contribution is 2.36. The van der Waals surface area contributed by atoms with Gasteiger partial charge in [0.25, 0.3) is 0 Å². The predicted octanol–water partition coefficient (Wildman–Crippen LogP) is 5.19. The number of sulfonamides is 1. The molecular weight excluding hydrogens is 595 g/mol. The summed E-state index contributed by atoms with van der Waals surface area (Å²) in [5.74, 6) is -7.34. The second-order valence-corrected chi connectivity index (χ2v) is 11.5. The third kappa shape index (κ3) is 7.35. The Morgan fingerprint density at radius 2 is 1.77 bits per heavy atom. The Kier molecular flexibility index (Phi) is 9.01. The molecule has 0 radical (unpaired) electrons. The van der Waals surface area contributed by atoms with Crippen LogP contribution >= 0.6 is 0 Å². The maximum Gasteiger partial charge on any atom is 0.237 e. The summed E-state index contributed by atoms with van der Waals surface area (Å²) in [7, 11) is -4.41. The standard InChI is InChI=1S/C28H25F5N6O3S/c29-12-17-10-19(14-34-13-17)37-28-36-9-7-22(38-28)20-2-1-8-35-27(20)42-23-11-21(31)26(25(33)24(23)32)39-43(40,41)15-16-3-5-18(30)6-4-16/h1-9,11,17,19,34,39H,10,12-15H2,(H,36,37,38)/t17-,19?/m0/s1. The van der Waals surface area contributed by atoms with Gasteiger partial charge in [0.05, 0.1) is 23.7 Å². The Balaban J connectivity index is 1.36. The van der Waals surface area contributed by atoms with E-state index in [2.05, 4.69) is 25.6 Å². The molecule has 0 amide bonds. The predicted molar refractivity (Wildman–Crippen MR) is 149 cm³/mol. The largest absolute Gasteiger partial charge is 0.435 e. The summed E-state index contributed by atoms with van der Waals surface area (Å²) in [6.45, 7) is 0.704. The monoisotopic (exact) mass is 620 g/mol. The molecule has 2 atom stereocenters. The third-order valence-electron chi connectivity index (χ3n) is 6.56. The summed E-state index contributed by atoms with van der Waals surface area (Å²) in [6, 6.07) is 9.40. The minimum atomic E-state index is -4.41. The van der Waals surface area contributed by atoms with Crippen LogP contribution in [0.2, 0.25) is 0 Å². The van der Waals surface area contributed by atoms with E-state index in [1.165, 1.54) is 36.7 Å². The fraction of sp³-hybridized carbons (Fsp3) is 0.250. The first kappa shape index (κ1) is 30.1. The van der Waals surface area contributed by atoms with Gasteiger partial charge in [0.2, 0.25) is 27.7 Å². The van der Waals surface area contributed by atoms with Crippen LogP contribution in [0.5, 0.6) is 11.6 Å². The zero-order valence-electron chi connectivity index (χ0n) is 22.3. The molecule has 0 spiro atoms. The number of nitrogens with one attached hydrogen (secondary N) is 3. The highest BCUT2D eigenvalue weighted by atomic mass is 32.2. The number of nitrogens with zero attached hydrogens (tertiary/aromatic N) is 3. The number of benzene rings is 2. The molecule has 9 nitrogen and oxygen atoms in total. The first-order valence-corrected chi connectivity index (χ1v) is 14.7. The van der Waals surface area contributed by atoms with Gasteiger partial charge >= 0.3 is 0 Å². The van der Waals surface area contributed by atoms with E-state index in [-0.39, 0.29) is 40.6 Å². The highest BCUT2D eigenvalue weighted by Gasteiger charge is 2.26. The van der Waals surface area contributed by atoms with Crippen molar-refractivity contribution < 1.29 is 35.1 Å². The van der Waals surface area contributed by atoms with Crippen molar-refractivity contribution in [3.8, 4) is 22.9 Å². The van der Waals surface area contributed by atoms with E-state index in [0.29, 0.717) is 25.6 Å². The lowest BCUT2D eigenvalue weighted by Gasteiger charge is -2.29. The van der Waals surface area contributed by atoms with Gasteiger partial charge in [0.15, 0.2) is 17.4 Å². The maximum absolute atomic E-state index is 15.1. The number of hydrogen-bond donors (Lipinski definition) is 3. The van der Waals surface area contributed by atoms with E-state index in [0.717, 1.165) is 12.1 Å². The first-order chi connectivity index (χ1) is 20.6. The van der Waals surface area contributed by atoms with Crippen molar-refractivity contribution in [2.75, 3.05) is 29.8 Å². The molecule has 15 heteroatoms. The van der Waals surface area contributed by atoms with Crippen LogP contribution in [0.4, 0.5) is 33.6 Å². The van der Waals surface area contributed by atoms with Crippen molar-refractivity contribution >= 4 is 21.7 Å². The summed E-state index contributed by atoms with van der Waals surface area (Å²) in [5.41, 5.74) is -0.578. The van der Waals surface area contributed by atoms with E-state index in [4.69, 9.17) is 4.74 Å². The van der Waals surface area contributed by atoms with Crippen molar-refractivity contribution in [2.45, 2.75) is 18.2 Å². The van der Waals surface area contributed by atoms with Crippen molar-refractivity contribution in [2.24, 2.45) is 5.92 Å². The number of rotatable bonds is 10. The van der Waals surface area contributed by atoms with Gasteiger partial charge in [-0.25, -0.2) is 36.5 Å². The van der Waals surface area contributed by atoms with Gasteiger partial charge in [-0.15, -0.1) is 0 Å². The molecule has 4 aromatic rings. The number of ether oxygens (including phenoxy) is 1. The number of hydrogen-bond acceptors (Lipinski definition) is 8. The molecule has 1 fully saturated rings. The van der Waals surface area contributed by atoms with Crippen molar-refractivity contribution in [3.63, 3.8) is 0 Å². The van der Waals surface area contributed by atoms with Gasteiger partial charge in [-0.05, 0) is 42.3 Å². The van der Waals surface area contributed by atoms with E-state index in [9.17, 15) is 26.0 Å². The molecule has 5 rings (SSSR count). The van der Waals surface area contributed by atoms with Gasteiger partial charge in [-0.3, -0.25) is 9.11 Å². The van der Waals surface area contributed by atoms with E-state index in [1.54, 1.807) is 10.8 Å². The molecule has 3 heterocycles. The minimum Gasteiger partial charge on any atom is -0.435 e. The zero-order valence-corrected chi connectivity index (χ0v) is 23.1. The molecule has 0 saturated carbocycles. The number of alkyl halides is 1. The lowest BCUT2D eigenvalue weighted by atomic mass is 9.97. The molecule has 1 aliphatic rings. The van der Waals surface area contributed by atoms with Gasteiger partial charge in [-0.1, -0.05) is 12.1 Å². The van der Waals surface area contributed by atoms with Crippen LogP contribution in [0, 0.1) is 29.2 Å². The number of aromatic nitrogens is 3. The Morgan fingerprint density at radius 1 is 0.977 bits per heavy atom. The van der Waals surface area contributed by atoms with Crippen LogP contribution in [-0.4, -0.2) is 49.2 Å². The second kappa shape index (κ2) is 12.9. The molecule has 3 N–H and O–H groups in total. The SMILES string of the molecule is O=S(=O)(Cc1ccc(F)cc1)Nc1c(F)cc(Oc2ncccc2-c2ccnc(NC3CNC[C@H](CF)C3)n2)c(F)c1F. The Morgan fingerprint density at radius 3 is 2.53 bits per heavy atom. The molecule has 2 aromatic heterocycles. The van der Waals surface area contributed by atoms with Crippen LogP contribution < -0.4 is 20.1 Å². The summed E-state index contributed by atoms with van der Waals surface area (Å²) >= 11 is 0. The first-order valence-electron chi connectivity index (χ1n) is 13.0. The molecule has 43 heavy (non-hydrogen) atoms. The normalized spacial score (nSPS) is 17.0. The molecule has 1 unspecified atom stereocenters. The summed E-state index contributed by atoms with van der Waals surface area (Å²) in [6.07, 6.45) is 3.34. The molecule has 0 bridgehead atoms. The van der Waals surface area contributed by atoms with Gasteiger partial charge in [0.1, 0.15) is 11.5 Å². The molecule has 2 aromatic carbocycles. The van der Waals surface area contributed by atoms with Gasteiger partial charge in [-0.2, -0.15) is 4.39 Å². The summed E-state index contributed by atoms with van der Waals surface area (Å²) in [5, 5.41) is 6.29. The minimum absolute atomic E-state index is 0.124. The molecule has 1 aliphatic heterocycles. The zero-order chi connectivity index (χ0) is 30.6. The maximum atomic E-state index is 15.1. The molecule has 1 saturated heterocycles. The van der Waals surface area contributed by atoms with Gasteiger partial charge < -0.3 is 15.4 Å². The van der Waals surface area contributed by atoms with Crippen molar-refractivity contribution in [3.05, 3.63) is 89.8 Å². The Hall–Kier alpha value is -4.37. The summed E-state index contributed by atoms with van der Waals surface area (Å²) in [4.78, 5) is 12.7. The summed E-state index contributed by atoms with van der Waals surface area (Å²) < 4.78 is 103. The Labute approximate surface area is 243 Å². The average molecular weight is 621 g/mol. The smallest absolute Gasteiger partial charge is 0.237 e. The highest BCUT2D eigenvalue weighted by molar-refractivity contribution is 7.91. The van der Waals surface area contributed by atoms with E-state index in [1.807, 2.05) is 0 Å². The lowest BCUT2D eigenvalue weighted by molar-refractivity contribution is 0.282. The van der Waals surface area contributed by atoms with Crippen molar-refractivity contribution in [1.29, 1.82) is 0 Å². The van der Waals surface area contributed by atoms with Gasteiger partial charge in [0, 0.05) is 43.5 Å².